The average Bonchev–Trinajstić information content (AvgIpc) is 2.95. The summed E-state index contributed by atoms with van der Waals surface area (Å²) in [5, 5.41) is 7.47. The van der Waals surface area contributed by atoms with E-state index in [0.29, 0.717) is 23.5 Å². The monoisotopic (exact) mass is 399 g/mol. The second-order valence-corrected chi connectivity index (χ2v) is 7.29. The van der Waals surface area contributed by atoms with Crippen LogP contribution < -0.4 is 5.32 Å². The van der Waals surface area contributed by atoms with Crippen molar-refractivity contribution in [3.8, 4) is 5.69 Å². The van der Waals surface area contributed by atoms with Gasteiger partial charge in [-0.1, -0.05) is 35.4 Å². The van der Waals surface area contributed by atoms with Crippen LogP contribution in [0, 0.1) is 26.6 Å². The Labute approximate surface area is 169 Å². The van der Waals surface area contributed by atoms with Crippen LogP contribution in [0.25, 0.3) is 5.69 Å². The third-order valence-electron chi connectivity index (χ3n) is 4.71. The highest BCUT2D eigenvalue weighted by molar-refractivity contribution is 6.33. The van der Waals surface area contributed by atoms with E-state index in [-0.39, 0.29) is 16.9 Å². The number of amides is 1. The maximum atomic E-state index is 13.1. The lowest BCUT2D eigenvalue weighted by Crippen LogP contribution is -2.25. The summed E-state index contributed by atoms with van der Waals surface area (Å²) < 4.78 is 14.6. The molecular formula is C22H23ClFN3O. The summed E-state index contributed by atoms with van der Waals surface area (Å²) in [6.45, 7) is 6.46. The molecule has 0 aliphatic rings. The smallest absolute Gasteiger partial charge is 0.256 e. The molecule has 0 fully saturated rings. The maximum Gasteiger partial charge on any atom is 0.256 e. The summed E-state index contributed by atoms with van der Waals surface area (Å²) in [6.07, 6.45) is 1.73. The first-order valence-electron chi connectivity index (χ1n) is 9.22. The minimum atomic E-state index is -0.342. The van der Waals surface area contributed by atoms with Crippen LogP contribution in [0.4, 0.5) is 4.39 Å². The first-order chi connectivity index (χ1) is 13.4. The Morgan fingerprint density at radius 1 is 1.14 bits per heavy atom. The molecule has 28 heavy (non-hydrogen) atoms. The predicted octanol–water partition coefficient (Wildman–Crippen LogP) is 4.95. The molecular weight excluding hydrogens is 377 g/mol. The van der Waals surface area contributed by atoms with Crippen molar-refractivity contribution in [1.29, 1.82) is 0 Å². The fourth-order valence-corrected chi connectivity index (χ4v) is 3.56. The first kappa shape index (κ1) is 20.1. The van der Waals surface area contributed by atoms with Crippen molar-refractivity contribution in [1.82, 2.24) is 15.1 Å². The fraction of sp³-hybridized carbons (Fsp3) is 0.273. The number of aromatic nitrogens is 2. The third kappa shape index (κ3) is 4.42. The molecule has 0 radical (unpaired) electrons. The van der Waals surface area contributed by atoms with Crippen molar-refractivity contribution in [2.45, 2.75) is 33.6 Å². The molecule has 2 aromatic carbocycles. The van der Waals surface area contributed by atoms with Gasteiger partial charge in [0.05, 0.1) is 16.9 Å². The summed E-state index contributed by atoms with van der Waals surface area (Å²) in [6, 6.07) is 12.2. The van der Waals surface area contributed by atoms with Crippen LogP contribution in [0.5, 0.6) is 0 Å². The molecule has 0 atom stereocenters. The van der Waals surface area contributed by atoms with E-state index in [1.54, 1.807) is 19.1 Å². The molecule has 1 heterocycles. The second kappa shape index (κ2) is 8.57. The minimum absolute atomic E-state index is 0.219. The van der Waals surface area contributed by atoms with Crippen molar-refractivity contribution in [3.63, 3.8) is 0 Å². The van der Waals surface area contributed by atoms with Gasteiger partial charge in [-0.3, -0.25) is 4.79 Å². The zero-order chi connectivity index (χ0) is 20.3. The molecule has 0 spiro atoms. The number of carbonyl (C=O) groups is 1. The van der Waals surface area contributed by atoms with Crippen molar-refractivity contribution in [2.24, 2.45) is 0 Å². The number of aryl methyl sites for hydroxylation is 4. The summed E-state index contributed by atoms with van der Waals surface area (Å²) in [4.78, 5) is 12.6. The third-order valence-corrected chi connectivity index (χ3v) is 5.06. The van der Waals surface area contributed by atoms with E-state index in [4.69, 9.17) is 11.6 Å². The molecule has 146 valence electrons. The van der Waals surface area contributed by atoms with E-state index in [1.807, 2.05) is 0 Å². The summed E-state index contributed by atoms with van der Waals surface area (Å²) in [7, 11) is 0. The van der Waals surface area contributed by atoms with Crippen LogP contribution in [0.2, 0.25) is 5.15 Å². The van der Waals surface area contributed by atoms with Gasteiger partial charge in [0, 0.05) is 6.54 Å². The van der Waals surface area contributed by atoms with Gasteiger partial charge in [0.1, 0.15) is 11.0 Å². The van der Waals surface area contributed by atoms with E-state index in [1.165, 1.54) is 33.5 Å². The van der Waals surface area contributed by atoms with Gasteiger partial charge in [-0.15, -0.1) is 0 Å². The number of nitrogens with zero attached hydrogens (tertiary/aromatic N) is 2. The molecule has 0 aliphatic heterocycles. The molecule has 6 heteroatoms. The Bertz CT molecular complexity index is 996. The standard InChI is InChI=1S/C22H23ClFN3O/c1-14-6-7-17(15(2)13-14)5-4-12-25-22(28)20-16(3)26-27(21(20)23)19-10-8-18(24)9-11-19/h6-11,13H,4-5,12H2,1-3H3,(H,25,28). The first-order valence-corrected chi connectivity index (χ1v) is 9.60. The molecule has 0 bridgehead atoms. The van der Waals surface area contributed by atoms with Gasteiger partial charge in [0.15, 0.2) is 0 Å². The van der Waals surface area contributed by atoms with Crippen molar-refractivity contribution in [3.05, 3.63) is 81.4 Å². The minimum Gasteiger partial charge on any atom is -0.352 e. The SMILES string of the molecule is Cc1ccc(CCCNC(=O)c2c(C)nn(-c3ccc(F)cc3)c2Cl)c(C)c1. The molecule has 0 saturated heterocycles. The van der Waals surface area contributed by atoms with Crippen LogP contribution in [0.3, 0.4) is 0 Å². The number of hydrogen-bond donors (Lipinski definition) is 1. The molecule has 1 aromatic heterocycles. The Hall–Kier alpha value is -2.66. The van der Waals surface area contributed by atoms with E-state index < -0.39 is 0 Å². The Balaban J connectivity index is 1.63. The van der Waals surface area contributed by atoms with Crippen LogP contribution in [-0.2, 0) is 6.42 Å². The van der Waals surface area contributed by atoms with Crippen LogP contribution in [0.15, 0.2) is 42.5 Å². The maximum absolute atomic E-state index is 13.1. The van der Waals surface area contributed by atoms with Gasteiger partial charge in [0.25, 0.3) is 5.91 Å². The summed E-state index contributed by atoms with van der Waals surface area (Å²) >= 11 is 6.39. The zero-order valence-electron chi connectivity index (χ0n) is 16.2. The quantitative estimate of drug-likeness (QED) is 0.596. The van der Waals surface area contributed by atoms with Gasteiger partial charge in [-0.2, -0.15) is 5.10 Å². The average molecular weight is 400 g/mol. The lowest BCUT2D eigenvalue weighted by molar-refractivity contribution is 0.0953. The van der Waals surface area contributed by atoms with Gasteiger partial charge >= 0.3 is 0 Å². The summed E-state index contributed by atoms with van der Waals surface area (Å²) in [5.41, 5.74) is 5.28. The predicted molar refractivity (Wildman–Crippen MR) is 110 cm³/mol. The highest BCUT2D eigenvalue weighted by atomic mass is 35.5. The highest BCUT2D eigenvalue weighted by Crippen LogP contribution is 2.23. The molecule has 1 N–H and O–H groups in total. The van der Waals surface area contributed by atoms with Gasteiger partial charge in [-0.25, -0.2) is 9.07 Å². The number of nitrogens with one attached hydrogen (secondary N) is 1. The molecule has 4 nitrogen and oxygen atoms in total. The number of hydrogen-bond acceptors (Lipinski definition) is 2. The number of halogens is 2. The largest absolute Gasteiger partial charge is 0.352 e. The normalized spacial score (nSPS) is 10.9. The molecule has 0 saturated carbocycles. The van der Waals surface area contributed by atoms with Crippen molar-refractivity contribution in [2.75, 3.05) is 6.54 Å². The van der Waals surface area contributed by atoms with E-state index >= 15 is 0 Å². The van der Waals surface area contributed by atoms with Crippen LogP contribution in [0.1, 0.15) is 39.2 Å². The zero-order valence-corrected chi connectivity index (χ0v) is 17.0. The number of benzene rings is 2. The molecule has 0 aliphatic carbocycles. The van der Waals surface area contributed by atoms with E-state index in [2.05, 4.69) is 42.5 Å². The molecule has 1 amide bonds. The fourth-order valence-electron chi connectivity index (χ4n) is 3.21. The molecule has 0 unspecified atom stereocenters. The van der Waals surface area contributed by atoms with Gasteiger partial charge in [0.2, 0.25) is 0 Å². The van der Waals surface area contributed by atoms with Crippen LogP contribution in [-0.4, -0.2) is 22.2 Å². The topological polar surface area (TPSA) is 46.9 Å². The van der Waals surface area contributed by atoms with Crippen LogP contribution >= 0.6 is 11.6 Å². The lowest BCUT2D eigenvalue weighted by atomic mass is 10.0. The molecule has 3 aromatic rings. The van der Waals surface area contributed by atoms with Crippen molar-refractivity contribution >= 4 is 17.5 Å². The number of rotatable bonds is 6. The lowest BCUT2D eigenvalue weighted by Gasteiger charge is -2.08. The van der Waals surface area contributed by atoms with Gasteiger partial charge in [-0.05, 0) is 69.0 Å². The summed E-state index contributed by atoms with van der Waals surface area (Å²) in [5.74, 6) is -0.595. The van der Waals surface area contributed by atoms with Crippen molar-refractivity contribution < 1.29 is 9.18 Å². The second-order valence-electron chi connectivity index (χ2n) is 6.93. The highest BCUT2D eigenvalue weighted by Gasteiger charge is 2.20. The van der Waals surface area contributed by atoms with E-state index in [0.717, 1.165) is 12.8 Å². The Morgan fingerprint density at radius 3 is 2.54 bits per heavy atom. The molecule has 3 rings (SSSR count). The van der Waals surface area contributed by atoms with E-state index in [9.17, 15) is 9.18 Å². The Morgan fingerprint density at radius 2 is 1.86 bits per heavy atom. The Kier molecular flexibility index (Phi) is 6.15. The van der Waals surface area contributed by atoms with Gasteiger partial charge < -0.3 is 5.32 Å². The number of carbonyl (C=O) groups excluding carboxylic acids is 1.